The second-order valence-corrected chi connectivity index (χ2v) is 4.44. The maximum absolute atomic E-state index is 8.54. The molecule has 1 rings (SSSR count). The van der Waals surface area contributed by atoms with Gasteiger partial charge in [0.25, 0.3) is 6.47 Å². The summed E-state index contributed by atoms with van der Waals surface area (Å²) in [4.78, 5) is 8.36. The zero-order valence-corrected chi connectivity index (χ0v) is 8.80. The number of carboxylic acid groups (broad SMARTS) is 1. The first kappa shape index (κ1) is 12.2. The van der Waals surface area contributed by atoms with Gasteiger partial charge in [0.05, 0.1) is 0 Å². The summed E-state index contributed by atoms with van der Waals surface area (Å²) in [5.74, 6) is 0. The van der Waals surface area contributed by atoms with Gasteiger partial charge in [-0.1, -0.05) is 0 Å². The molecule has 0 saturated heterocycles. The molecule has 0 unspecified atom stereocenters. The molecule has 0 bridgehead atoms. The first-order valence-electron chi connectivity index (χ1n) is 3.71. The topological polar surface area (TPSA) is 57.5 Å². The maximum atomic E-state index is 8.54. The third-order valence-corrected chi connectivity index (χ3v) is 3.18. The fraction of sp³-hybridized carbons (Fsp3) is 0.222. The normalized spacial score (nSPS) is 8.38. The molecule has 0 aliphatic carbocycles. The van der Waals surface area contributed by atoms with Gasteiger partial charge >= 0.3 is 66.8 Å². The van der Waals surface area contributed by atoms with E-state index in [1.807, 2.05) is 18.2 Å². The van der Waals surface area contributed by atoms with Crippen LogP contribution in [0.4, 0.5) is 0 Å². The van der Waals surface area contributed by atoms with Gasteiger partial charge in [0, 0.05) is 0 Å². The van der Waals surface area contributed by atoms with Crippen molar-refractivity contribution in [3.8, 4) is 0 Å². The van der Waals surface area contributed by atoms with Crippen molar-refractivity contribution in [2.45, 2.75) is 5.32 Å². The Kier molecular flexibility index (Phi) is 8.67. The van der Waals surface area contributed by atoms with Gasteiger partial charge in [0.15, 0.2) is 0 Å². The second kappa shape index (κ2) is 9.26. The molecule has 0 amide bonds. The molecule has 0 radical (unpaired) electrons. The third kappa shape index (κ3) is 7.53. The summed E-state index contributed by atoms with van der Waals surface area (Å²) >= 11 is 0.468. The molecule has 0 aromatic heterocycles. The molecule has 1 aromatic carbocycles. The van der Waals surface area contributed by atoms with Crippen molar-refractivity contribution in [2.24, 2.45) is 0 Å². The Balaban J connectivity index is 0.000000424. The summed E-state index contributed by atoms with van der Waals surface area (Å²) in [6.07, 6.45) is 0. The number of carbonyl (C=O) groups is 1. The summed E-state index contributed by atoms with van der Waals surface area (Å²) in [6.45, 7) is 0.0644. The van der Waals surface area contributed by atoms with Crippen molar-refractivity contribution in [3.05, 3.63) is 30.3 Å². The first-order chi connectivity index (χ1) is 6.35. The molecule has 0 aliphatic heterocycles. The van der Waals surface area contributed by atoms with E-state index < -0.39 is 0 Å². The molecule has 0 spiro atoms. The second-order valence-electron chi connectivity index (χ2n) is 1.99. The Morgan fingerprint density at radius 2 is 1.85 bits per heavy atom. The number of benzene rings is 1. The zero-order chi connectivity index (χ0) is 9.94. The molecular formula is C9H12O3Se. The number of rotatable bonds is 3. The van der Waals surface area contributed by atoms with E-state index in [4.69, 9.17) is 15.0 Å². The predicted octanol–water partition coefficient (Wildman–Crippen LogP) is 0.127. The molecular weight excluding hydrogens is 235 g/mol. The summed E-state index contributed by atoms with van der Waals surface area (Å²) in [5.41, 5.74) is 0. The van der Waals surface area contributed by atoms with Crippen LogP contribution in [0.25, 0.3) is 0 Å². The van der Waals surface area contributed by atoms with E-state index in [-0.39, 0.29) is 6.47 Å². The number of aliphatic hydroxyl groups excluding tert-OH is 1. The van der Waals surface area contributed by atoms with E-state index in [1.54, 1.807) is 0 Å². The summed E-state index contributed by atoms with van der Waals surface area (Å²) in [5, 5.41) is 16.4. The zero-order valence-electron chi connectivity index (χ0n) is 7.09. The van der Waals surface area contributed by atoms with Gasteiger partial charge in [-0.05, 0) is 0 Å². The number of hydrogen-bond donors (Lipinski definition) is 2. The Morgan fingerprint density at radius 1 is 1.31 bits per heavy atom. The van der Waals surface area contributed by atoms with E-state index in [0.29, 0.717) is 21.6 Å². The van der Waals surface area contributed by atoms with Crippen molar-refractivity contribution in [1.82, 2.24) is 0 Å². The Bertz CT molecular complexity index is 213. The van der Waals surface area contributed by atoms with Crippen LogP contribution in [0.3, 0.4) is 0 Å². The average Bonchev–Trinajstić information content (AvgIpc) is 2.18. The van der Waals surface area contributed by atoms with E-state index in [0.717, 1.165) is 5.32 Å². The molecule has 0 atom stereocenters. The molecule has 0 aliphatic rings. The van der Waals surface area contributed by atoms with Gasteiger partial charge in [0.2, 0.25) is 0 Å². The van der Waals surface area contributed by atoms with Crippen molar-refractivity contribution in [2.75, 3.05) is 6.61 Å². The third-order valence-electron chi connectivity index (χ3n) is 1.10. The van der Waals surface area contributed by atoms with Crippen LogP contribution < -0.4 is 4.46 Å². The molecule has 0 heterocycles. The molecule has 1 aromatic rings. The Labute approximate surface area is 83.6 Å². The van der Waals surface area contributed by atoms with Crippen molar-refractivity contribution >= 4 is 25.9 Å². The first-order valence-corrected chi connectivity index (χ1v) is 5.78. The van der Waals surface area contributed by atoms with E-state index >= 15 is 0 Å². The predicted molar refractivity (Wildman–Crippen MR) is 52.4 cm³/mol. The van der Waals surface area contributed by atoms with Gasteiger partial charge in [-0.3, -0.25) is 4.79 Å². The minimum atomic E-state index is -0.250. The van der Waals surface area contributed by atoms with Crippen LogP contribution in [0.15, 0.2) is 30.3 Å². The van der Waals surface area contributed by atoms with Crippen LogP contribution in [-0.2, 0) is 4.79 Å². The Hall–Kier alpha value is -0.831. The Morgan fingerprint density at radius 3 is 2.31 bits per heavy atom. The van der Waals surface area contributed by atoms with Gasteiger partial charge in [0.1, 0.15) is 0 Å². The van der Waals surface area contributed by atoms with Crippen LogP contribution in [0.2, 0.25) is 5.32 Å². The van der Waals surface area contributed by atoms with Gasteiger partial charge < -0.3 is 5.11 Å². The summed E-state index contributed by atoms with van der Waals surface area (Å²) < 4.78 is 1.36. The quantitative estimate of drug-likeness (QED) is 0.589. The van der Waals surface area contributed by atoms with Crippen LogP contribution in [0, 0.1) is 0 Å². The SMILES string of the molecule is O=CO.OCC[Se]c1ccccc1. The van der Waals surface area contributed by atoms with Crippen molar-refractivity contribution < 1.29 is 15.0 Å². The summed E-state index contributed by atoms with van der Waals surface area (Å²) in [6, 6.07) is 10.3. The van der Waals surface area contributed by atoms with Crippen LogP contribution >= 0.6 is 0 Å². The van der Waals surface area contributed by atoms with E-state index in [2.05, 4.69) is 12.1 Å². The van der Waals surface area contributed by atoms with E-state index in [9.17, 15) is 0 Å². The molecule has 13 heavy (non-hydrogen) atoms. The molecule has 0 saturated carbocycles. The number of hydrogen-bond acceptors (Lipinski definition) is 2. The monoisotopic (exact) mass is 248 g/mol. The van der Waals surface area contributed by atoms with Gasteiger partial charge in [-0.2, -0.15) is 0 Å². The van der Waals surface area contributed by atoms with Crippen LogP contribution in [0.5, 0.6) is 0 Å². The van der Waals surface area contributed by atoms with Crippen LogP contribution in [-0.4, -0.2) is 38.2 Å². The fourth-order valence-corrected chi connectivity index (χ4v) is 2.10. The van der Waals surface area contributed by atoms with E-state index in [1.165, 1.54) is 4.46 Å². The minimum absolute atomic E-state index is 0.250. The van der Waals surface area contributed by atoms with Crippen LogP contribution in [0.1, 0.15) is 0 Å². The fourth-order valence-electron chi connectivity index (χ4n) is 0.680. The molecule has 4 heteroatoms. The summed E-state index contributed by atoms with van der Waals surface area (Å²) in [7, 11) is 0. The molecule has 2 N–H and O–H groups in total. The van der Waals surface area contributed by atoms with Gasteiger partial charge in [-0.15, -0.1) is 0 Å². The average molecular weight is 247 g/mol. The van der Waals surface area contributed by atoms with Crippen molar-refractivity contribution in [3.63, 3.8) is 0 Å². The molecule has 3 nitrogen and oxygen atoms in total. The van der Waals surface area contributed by atoms with Crippen molar-refractivity contribution in [1.29, 1.82) is 0 Å². The molecule has 0 fully saturated rings. The van der Waals surface area contributed by atoms with Gasteiger partial charge in [-0.25, -0.2) is 0 Å². The molecule has 72 valence electrons. The number of aliphatic hydroxyl groups is 1. The standard InChI is InChI=1S/C8H10OSe.CH2O2/c9-6-7-10-8-4-2-1-3-5-8;2-1-3/h1-5,9H,6-7H2;1H,(H,2,3).